The first-order valence-corrected chi connectivity index (χ1v) is 24.9. The lowest BCUT2D eigenvalue weighted by atomic mass is 9.74. The number of hydrogen-bond donors (Lipinski definition) is 2. The molecule has 0 saturated heterocycles. The molecule has 5 rings (SSSR count). The van der Waals surface area contributed by atoms with Crippen LogP contribution in [0.2, 0.25) is 36.3 Å². The molecule has 1 saturated carbocycles. The fourth-order valence-electron chi connectivity index (χ4n) is 5.42. The monoisotopic (exact) mass is 750 g/mol. The number of rotatable bonds is 11. The lowest BCUT2D eigenvalue weighted by Gasteiger charge is -2.49. The first kappa shape index (κ1) is 39.7. The van der Waals surface area contributed by atoms with E-state index >= 15 is 0 Å². The third-order valence-corrected chi connectivity index (χ3v) is 21.7. The van der Waals surface area contributed by atoms with Gasteiger partial charge in [-0.15, -0.1) is 4.72 Å². The Balaban J connectivity index is 1.44. The molecule has 3 aromatic heterocycles. The second kappa shape index (κ2) is 14.1. The van der Waals surface area contributed by atoms with E-state index in [0.717, 1.165) is 22.2 Å². The van der Waals surface area contributed by atoms with Gasteiger partial charge in [0, 0.05) is 34.3 Å². The normalized spacial score (nSPS) is 19.5. The molecule has 0 aliphatic heterocycles. The molecular formula is C38H58N6O4SSi2. The SMILES string of the molecule is CC(C)(C)[S@@+]([O-])N[C@@](O)(c1cncc(-c2ccc3cnn(-c4cccc(CO[Si](C)(C)C(C)(C)C)n4)c3c2)n1)C1CC(O[Si](C)(C)C(C)(C)C)C1. The third-order valence-electron chi connectivity index (χ3n) is 11.0. The van der Waals surface area contributed by atoms with Gasteiger partial charge in [0.2, 0.25) is 5.72 Å². The fourth-order valence-corrected chi connectivity index (χ4v) is 8.60. The highest BCUT2D eigenvalue weighted by atomic mass is 32.2. The Morgan fingerprint density at radius 2 is 1.57 bits per heavy atom. The standard InChI is InChI=1S/C38H58N6O4SSi2/c1-35(2,3)49(46)43-38(45,28-20-30(21-28)48-51(12,13)37(7,8)9)33-24-39-23-31(42-33)26-17-18-27-22-40-44(32(27)19-26)34-16-14-15-29(41-34)25-47-50(10,11)36(4,5)6/h14-19,22-24,28,30,43,45H,20-21,25H2,1-13H3/t28?,30?,38-,49+/m0/s1. The quantitative estimate of drug-likeness (QED) is 0.0882. The summed E-state index contributed by atoms with van der Waals surface area (Å²) in [5, 5.41) is 18.2. The predicted octanol–water partition coefficient (Wildman–Crippen LogP) is 8.40. The molecule has 2 N–H and O–H groups in total. The molecule has 1 aliphatic carbocycles. The molecule has 51 heavy (non-hydrogen) atoms. The molecule has 1 aromatic carbocycles. The summed E-state index contributed by atoms with van der Waals surface area (Å²) in [5.41, 5.74) is 1.77. The highest BCUT2D eigenvalue weighted by molar-refractivity contribution is 7.90. The number of aromatic nitrogens is 5. The van der Waals surface area contributed by atoms with Crippen LogP contribution in [-0.4, -0.2) is 61.9 Å². The van der Waals surface area contributed by atoms with Crippen LogP contribution in [0.5, 0.6) is 0 Å². The number of pyridine rings is 1. The van der Waals surface area contributed by atoms with Crippen LogP contribution >= 0.6 is 0 Å². The largest absolute Gasteiger partial charge is 0.598 e. The number of benzene rings is 1. The Kier molecular flexibility index (Phi) is 10.9. The zero-order valence-corrected chi connectivity index (χ0v) is 35.6. The van der Waals surface area contributed by atoms with Crippen molar-refractivity contribution in [3.8, 4) is 17.1 Å². The number of aliphatic hydroxyl groups is 1. The molecular weight excluding hydrogens is 693 g/mol. The maximum Gasteiger partial charge on any atom is 0.204 e. The minimum absolute atomic E-state index is 0.0249. The van der Waals surface area contributed by atoms with Crippen molar-refractivity contribution in [2.45, 2.75) is 135 Å². The summed E-state index contributed by atoms with van der Waals surface area (Å²) < 4.78 is 30.9. The molecule has 1 fully saturated rings. The van der Waals surface area contributed by atoms with Gasteiger partial charge in [-0.1, -0.05) is 59.7 Å². The minimum Gasteiger partial charge on any atom is -0.598 e. The molecule has 1 aliphatic rings. The van der Waals surface area contributed by atoms with Gasteiger partial charge in [0.25, 0.3) is 0 Å². The van der Waals surface area contributed by atoms with Crippen molar-refractivity contribution >= 4 is 38.9 Å². The highest BCUT2D eigenvalue weighted by Gasteiger charge is 2.53. The van der Waals surface area contributed by atoms with E-state index in [0.29, 0.717) is 36.7 Å². The molecule has 2 atom stereocenters. The lowest BCUT2D eigenvalue weighted by Crippen LogP contribution is -2.60. The van der Waals surface area contributed by atoms with E-state index in [1.165, 1.54) is 0 Å². The first-order valence-electron chi connectivity index (χ1n) is 17.9. The Morgan fingerprint density at radius 1 is 0.902 bits per heavy atom. The van der Waals surface area contributed by atoms with E-state index in [2.05, 4.69) is 82.5 Å². The van der Waals surface area contributed by atoms with Crippen LogP contribution in [0.15, 0.2) is 55.0 Å². The summed E-state index contributed by atoms with van der Waals surface area (Å²) in [6.07, 6.45) is 6.36. The second-order valence-corrected chi connectivity index (χ2v) is 29.6. The number of fused-ring (bicyclic) bond motifs is 1. The van der Waals surface area contributed by atoms with Gasteiger partial charge in [-0.05, 0) is 88.1 Å². The number of nitrogens with one attached hydrogen (secondary N) is 1. The number of hydrogen-bond acceptors (Lipinski definition) is 9. The summed E-state index contributed by atoms with van der Waals surface area (Å²) in [6, 6.07) is 11.9. The van der Waals surface area contributed by atoms with E-state index in [-0.39, 0.29) is 22.1 Å². The highest BCUT2D eigenvalue weighted by Crippen LogP contribution is 2.47. The number of nitrogens with zero attached hydrogens (tertiary/aromatic N) is 5. The van der Waals surface area contributed by atoms with Gasteiger partial charge in [0.15, 0.2) is 22.5 Å². The van der Waals surface area contributed by atoms with E-state index < -0.39 is 38.5 Å². The molecule has 13 heteroatoms. The zero-order chi connectivity index (χ0) is 37.8. The lowest BCUT2D eigenvalue weighted by molar-refractivity contribution is -0.109. The minimum atomic E-state index is -2.00. The smallest absolute Gasteiger partial charge is 0.204 e. The Morgan fingerprint density at radius 3 is 2.20 bits per heavy atom. The molecule has 0 amide bonds. The van der Waals surface area contributed by atoms with Crippen LogP contribution in [0, 0.1) is 5.92 Å². The van der Waals surface area contributed by atoms with Crippen LogP contribution < -0.4 is 4.72 Å². The Hall–Kier alpha value is -2.50. The topological polar surface area (TPSA) is 130 Å². The van der Waals surface area contributed by atoms with E-state index in [1.807, 2.05) is 68.0 Å². The van der Waals surface area contributed by atoms with Crippen LogP contribution in [0.4, 0.5) is 0 Å². The molecule has 10 nitrogen and oxygen atoms in total. The van der Waals surface area contributed by atoms with Gasteiger partial charge in [-0.2, -0.15) is 5.10 Å². The van der Waals surface area contributed by atoms with Crippen molar-refractivity contribution in [3.63, 3.8) is 0 Å². The van der Waals surface area contributed by atoms with Gasteiger partial charge in [0.05, 0.1) is 42.1 Å². The molecule has 0 radical (unpaired) electrons. The summed E-state index contributed by atoms with van der Waals surface area (Å²) in [7, 11) is -3.94. The van der Waals surface area contributed by atoms with Crippen molar-refractivity contribution in [2.24, 2.45) is 5.92 Å². The van der Waals surface area contributed by atoms with Crippen molar-refractivity contribution in [3.05, 3.63) is 66.4 Å². The molecule has 0 bridgehead atoms. The van der Waals surface area contributed by atoms with Gasteiger partial charge in [-0.25, -0.2) is 14.6 Å². The van der Waals surface area contributed by atoms with Crippen molar-refractivity contribution in [1.82, 2.24) is 29.5 Å². The average molecular weight is 751 g/mol. The summed E-state index contributed by atoms with van der Waals surface area (Å²) in [6.45, 7) is 28.4. The predicted molar refractivity (Wildman–Crippen MR) is 212 cm³/mol. The molecule has 3 heterocycles. The Bertz CT molecular complexity index is 1840. The van der Waals surface area contributed by atoms with E-state index in [1.54, 1.807) is 12.4 Å². The fraction of sp³-hybridized carbons (Fsp3) is 0.579. The molecule has 4 aromatic rings. The van der Waals surface area contributed by atoms with E-state index in [9.17, 15) is 9.66 Å². The van der Waals surface area contributed by atoms with Crippen molar-refractivity contribution < 1.29 is 18.5 Å². The second-order valence-electron chi connectivity index (χ2n) is 18.1. The van der Waals surface area contributed by atoms with Crippen LogP contribution in [0.1, 0.15) is 86.5 Å². The van der Waals surface area contributed by atoms with Crippen molar-refractivity contribution in [1.29, 1.82) is 0 Å². The summed E-state index contributed by atoms with van der Waals surface area (Å²) in [5.74, 6) is 0.437. The third kappa shape index (κ3) is 8.51. The molecule has 278 valence electrons. The van der Waals surface area contributed by atoms with Gasteiger partial charge >= 0.3 is 0 Å². The van der Waals surface area contributed by atoms with Crippen LogP contribution in [0.25, 0.3) is 28.0 Å². The Labute approximate surface area is 309 Å². The van der Waals surface area contributed by atoms with Gasteiger partial charge in [-0.3, -0.25) is 4.98 Å². The van der Waals surface area contributed by atoms with Crippen LogP contribution in [-0.2, 0) is 32.5 Å². The van der Waals surface area contributed by atoms with Crippen molar-refractivity contribution in [2.75, 3.05) is 0 Å². The van der Waals surface area contributed by atoms with E-state index in [4.69, 9.17) is 18.8 Å². The zero-order valence-electron chi connectivity index (χ0n) is 32.8. The summed E-state index contributed by atoms with van der Waals surface area (Å²) in [4.78, 5) is 14.4. The maximum atomic E-state index is 13.5. The van der Waals surface area contributed by atoms with Crippen LogP contribution in [0.3, 0.4) is 0 Å². The molecule has 0 spiro atoms. The first-order chi connectivity index (χ1) is 23.4. The van der Waals surface area contributed by atoms with Gasteiger partial charge in [0.1, 0.15) is 10.4 Å². The maximum absolute atomic E-state index is 13.5. The van der Waals surface area contributed by atoms with Gasteiger partial charge < -0.3 is 18.5 Å². The molecule has 0 unspecified atom stereocenters. The summed E-state index contributed by atoms with van der Waals surface area (Å²) >= 11 is -1.57. The average Bonchev–Trinajstić information content (AvgIpc) is 3.43.